The lowest BCUT2D eigenvalue weighted by atomic mass is 10.2. The van der Waals surface area contributed by atoms with E-state index < -0.39 is 0 Å². The van der Waals surface area contributed by atoms with Crippen molar-refractivity contribution in [3.05, 3.63) is 12.2 Å². The van der Waals surface area contributed by atoms with Gasteiger partial charge in [0.2, 0.25) is 0 Å². The van der Waals surface area contributed by atoms with Crippen molar-refractivity contribution < 1.29 is 0 Å². The maximum Gasteiger partial charge on any atom is 0.191 e. The fourth-order valence-corrected chi connectivity index (χ4v) is 2.71. The predicted molar refractivity (Wildman–Crippen MR) is 84.4 cm³/mol. The molecule has 21 heavy (non-hydrogen) atoms. The van der Waals surface area contributed by atoms with Gasteiger partial charge in [-0.1, -0.05) is 6.92 Å². The van der Waals surface area contributed by atoms with Gasteiger partial charge in [-0.25, -0.2) is 0 Å². The molecule has 1 aliphatic rings. The van der Waals surface area contributed by atoms with Gasteiger partial charge in [0.25, 0.3) is 0 Å². The Balaban J connectivity index is 1.70. The fourth-order valence-electron chi connectivity index (χ4n) is 2.71. The standard InChI is InChI=1S/C14H27N7/c1-4-13-19-18-11-21(13)9-7-16-14(15-2)17-10-12-6-5-8-20(12)3/h11-12H,4-10H2,1-3H3,(H2,15,16,17). The van der Waals surface area contributed by atoms with E-state index in [2.05, 4.69) is 49.3 Å². The number of likely N-dealkylation sites (tertiary alicyclic amines) is 1. The Labute approximate surface area is 126 Å². The van der Waals surface area contributed by atoms with Gasteiger partial charge in [0.05, 0.1) is 0 Å². The smallest absolute Gasteiger partial charge is 0.191 e. The minimum atomic E-state index is 0.619. The van der Waals surface area contributed by atoms with Crippen molar-refractivity contribution in [1.29, 1.82) is 0 Å². The molecule has 1 saturated heterocycles. The van der Waals surface area contributed by atoms with Crippen molar-refractivity contribution in [2.24, 2.45) is 4.99 Å². The largest absolute Gasteiger partial charge is 0.355 e. The number of aromatic nitrogens is 3. The average molecular weight is 293 g/mol. The van der Waals surface area contributed by atoms with Crippen LogP contribution in [0.1, 0.15) is 25.6 Å². The summed E-state index contributed by atoms with van der Waals surface area (Å²) in [5.41, 5.74) is 0. The quantitative estimate of drug-likeness (QED) is 0.575. The number of likely N-dealkylation sites (N-methyl/N-ethyl adjacent to an activating group) is 1. The zero-order valence-electron chi connectivity index (χ0n) is 13.3. The van der Waals surface area contributed by atoms with Crippen LogP contribution >= 0.6 is 0 Å². The van der Waals surface area contributed by atoms with Gasteiger partial charge < -0.3 is 20.1 Å². The van der Waals surface area contributed by atoms with Crippen LogP contribution in [-0.4, -0.2) is 65.4 Å². The Bertz CT molecular complexity index is 454. The number of hydrogen-bond donors (Lipinski definition) is 2. The molecule has 0 bridgehead atoms. The van der Waals surface area contributed by atoms with Crippen LogP contribution in [0.25, 0.3) is 0 Å². The molecule has 1 aromatic heterocycles. The van der Waals surface area contributed by atoms with Gasteiger partial charge in [0.15, 0.2) is 5.96 Å². The van der Waals surface area contributed by atoms with E-state index in [4.69, 9.17) is 0 Å². The van der Waals surface area contributed by atoms with Gasteiger partial charge in [-0.3, -0.25) is 4.99 Å². The first-order valence-corrected chi connectivity index (χ1v) is 7.76. The van der Waals surface area contributed by atoms with Crippen LogP contribution < -0.4 is 10.6 Å². The molecule has 2 heterocycles. The van der Waals surface area contributed by atoms with Crippen molar-refractivity contribution in [3.8, 4) is 0 Å². The highest BCUT2D eigenvalue weighted by Gasteiger charge is 2.20. The lowest BCUT2D eigenvalue weighted by Crippen LogP contribution is -2.44. The molecule has 118 valence electrons. The number of rotatable bonds is 6. The topological polar surface area (TPSA) is 70.4 Å². The molecule has 0 aromatic carbocycles. The molecule has 1 fully saturated rings. The molecule has 0 spiro atoms. The monoisotopic (exact) mass is 293 g/mol. The molecule has 1 unspecified atom stereocenters. The summed E-state index contributed by atoms with van der Waals surface area (Å²) in [4.78, 5) is 6.68. The Morgan fingerprint density at radius 1 is 1.48 bits per heavy atom. The van der Waals surface area contributed by atoms with Crippen LogP contribution in [0.2, 0.25) is 0 Å². The molecule has 1 atom stereocenters. The molecular weight excluding hydrogens is 266 g/mol. The third-order valence-corrected chi connectivity index (χ3v) is 4.06. The van der Waals surface area contributed by atoms with E-state index in [1.54, 1.807) is 6.33 Å². The summed E-state index contributed by atoms with van der Waals surface area (Å²) in [7, 11) is 4.00. The molecule has 7 heteroatoms. The molecule has 0 saturated carbocycles. The molecule has 7 nitrogen and oxygen atoms in total. The normalized spacial score (nSPS) is 20.0. The number of hydrogen-bond acceptors (Lipinski definition) is 4. The van der Waals surface area contributed by atoms with Crippen LogP contribution in [0, 0.1) is 0 Å². The van der Waals surface area contributed by atoms with Gasteiger partial charge in [-0.15, -0.1) is 10.2 Å². The van der Waals surface area contributed by atoms with E-state index in [9.17, 15) is 0 Å². The second-order valence-corrected chi connectivity index (χ2v) is 5.45. The maximum atomic E-state index is 4.27. The number of guanidine groups is 1. The number of aryl methyl sites for hydroxylation is 1. The van der Waals surface area contributed by atoms with Crippen molar-refractivity contribution >= 4 is 5.96 Å². The third kappa shape index (κ3) is 4.42. The van der Waals surface area contributed by atoms with Crippen molar-refractivity contribution in [2.75, 3.05) is 33.7 Å². The summed E-state index contributed by atoms with van der Waals surface area (Å²) in [6, 6.07) is 0.619. The van der Waals surface area contributed by atoms with E-state index in [-0.39, 0.29) is 0 Å². The van der Waals surface area contributed by atoms with Crippen LogP contribution in [0.5, 0.6) is 0 Å². The van der Waals surface area contributed by atoms with Gasteiger partial charge >= 0.3 is 0 Å². The summed E-state index contributed by atoms with van der Waals surface area (Å²) in [6.07, 6.45) is 5.24. The summed E-state index contributed by atoms with van der Waals surface area (Å²) >= 11 is 0. The first-order chi connectivity index (χ1) is 10.2. The molecule has 1 aliphatic heterocycles. The van der Waals surface area contributed by atoms with Crippen LogP contribution in [-0.2, 0) is 13.0 Å². The molecular formula is C14H27N7. The van der Waals surface area contributed by atoms with E-state index in [1.165, 1.54) is 19.4 Å². The van der Waals surface area contributed by atoms with Gasteiger partial charge in [-0.2, -0.15) is 0 Å². The van der Waals surface area contributed by atoms with Gasteiger partial charge in [0, 0.05) is 39.1 Å². The highest BCUT2D eigenvalue weighted by Crippen LogP contribution is 2.13. The van der Waals surface area contributed by atoms with Crippen molar-refractivity contribution in [1.82, 2.24) is 30.3 Å². The second-order valence-electron chi connectivity index (χ2n) is 5.45. The van der Waals surface area contributed by atoms with Crippen LogP contribution in [0.3, 0.4) is 0 Å². The molecule has 0 radical (unpaired) electrons. The Hall–Kier alpha value is -1.63. The lowest BCUT2D eigenvalue weighted by molar-refractivity contribution is 0.309. The Kier molecular flexibility index (Phi) is 5.98. The van der Waals surface area contributed by atoms with Gasteiger partial charge in [-0.05, 0) is 26.4 Å². The summed E-state index contributed by atoms with van der Waals surface area (Å²) in [6.45, 7) is 5.90. The van der Waals surface area contributed by atoms with Gasteiger partial charge in [0.1, 0.15) is 12.2 Å². The number of nitrogens with one attached hydrogen (secondary N) is 2. The minimum absolute atomic E-state index is 0.619. The van der Waals surface area contributed by atoms with Crippen LogP contribution in [0.15, 0.2) is 11.3 Å². The Morgan fingerprint density at radius 3 is 3.00 bits per heavy atom. The average Bonchev–Trinajstić information content (AvgIpc) is 3.11. The number of aliphatic imine (C=N–C) groups is 1. The number of nitrogens with zero attached hydrogens (tertiary/aromatic N) is 5. The minimum Gasteiger partial charge on any atom is -0.355 e. The second kappa shape index (κ2) is 7.97. The molecule has 2 rings (SSSR count). The predicted octanol–water partition coefficient (Wildman–Crippen LogP) is 0.0997. The Morgan fingerprint density at radius 2 is 2.33 bits per heavy atom. The highest BCUT2D eigenvalue weighted by molar-refractivity contribution is 5.79. The van der Waals surface area contributed by atoms with E-state index in [0.717, 1.165) is 37.8 Å². The summed E-state index contributed by atoms with van der Waals surface area (Å²) < 4.78 is 2.07. The lowest BCUT2D eigenvalue weighted by Gasteiger charge is -2.21. The van der Waals surface area contributed by atoms with E-state index in [0.29, 0.717) is 6.04 Å². The maximum absolute atomic E-state index is 4.27. The first-order valence-electron chi connectivity index (χ1n) is 7.76. The van der Waals surface area contributed by atoms with E-state index in [1.807, 2.05) is 7.05 Å². The zero-order chi connectivity index (χ0) is 15.1. The van der Waals surface area contributed by atoms with Crippen molar-refractivity contribution in [2.45, 2.75) is 38.8 Å². The fraction of sp³-hybridized carbons (Fsp3) is 0.786. The third-order valence-electron chi connectivity index (χ3n) is 4.06. The summed E-state index contributed by atoms with van der Waals surface area (Å²) in [5, 5.41) is 14.8. The summed E-state index contributed by atoms with van der Waals surface area (Å²) in [5.74, 6) is 1.88. The molecule has 2 N–H and O–H groups in total. The highest BCUT2D eigenvalue weighted by atomic mass is 15.3. The molecule has 1 aromatic rings. The molecule has 0 amide bonds. The first kappa shape index (κ1) is 15.8. The van der Waals surface area contributed by atoms with Crippen LogP contribution in [0.4, 0.5) is 0 Å². The SMILES string of the molecule is CCc1nncn1CCNC(=NC)NCC1CCCN1C. The zero-order valence-corrected chi connectivity index (χ0v) is 13.3. The molecule has 0 aliphatic carbocycles. The van der Waals surface area contributed by atoms with E-state index >= 15 is 0 Å². The van der Waals surface area contributed by atoms with Crippen molar-refractivity contribution in [3.63, 3.8) is 0 Å².